The van der Waals surface area contributed by atoms with Gasteiger partial charge in [0.2, 0.25) is 16.4 Å². The molecule has 2 rings (SSSR count). The highest BCUT2D eigenvalue weighted by atomic mass is 32.2. The first-order valence-electron chi connectivity index (χ1n) is 7.92. The van der Waals surface area contributed by atoms with Crippen LogP contribution in [0.2, 0.25) is 0 Å². The predicted octanol–water partition coefficient (Wildman–Crippen LogP) is 2.25. The maximum atomic E-state index is 11.9. The van der Waals surface area contributed by atoms with Crippen LogP contribution in [0.1, 0.15) is 5.56 Å². The van der Waals surface area contributed by atoms with Gasteiger partial charge in [-0.05, 0) is 30.3 Å². The average molecular weight is 394 g/mol. The molecule has 0 atom stereocenters. The highest BCUT2D eigenvalue weighted by Gasteiger charge is 2.18. The summed E-state index contributed by atoms with van der Waals surface area (Å²) >= 11 is 0. The van der Waals surface area contributed by atoms with Gasteiger partial charge in [0.25, 0.3) is 0 Å². The van der Waals surface area contributed by atoms with Gasteiger partial charge in [0, 0.05) is 24.4 Å². The zero-order chi connectivity index (χ0) is 20.0. The number of nitrogens with zero attached hydrogens (tertiary/aromatic N) is 1. The molecule has 0 aliphatic rings. The van der Waals surface area contributed by atoms with E-state index in [0.29, 0.717) is 35.0 Å². The van der Waals surface area contributed by atoms with Gasteiger partial charge < -0.3 is 19.5 Å². The molecule has 0 unspecified atom stereocenters. The number of benzene rings is 2. The summed E-state index contributed by atoms with van der Waals surface area (Å²) in [7, 11) is 1.04. The van der Waals surface area contributed by atoms with Gasteiger partial charge >= 0.3 is 0 Å². The van der Waals surface area contributed by atoms with Crippen molar-refractivity contribution in [3.63, 3.8) is 0 Å². The Kier molecular flexibility index (Phi) is 6.51. The number of carbonyl (C=O) groups is 1. The van der Waals surface area contributed by atoms with Crippen molar-refractivity contribution in [3.05, 3.63) is 42.0 Å². The van der Waals surface area contributed by atoms with E-state index in [1.54, 1.807) is 50.6 Å². The van der Waals surface area contributed by atoms with E-state index < -0.39 is 10.0 Å². The monoisotopic (exact) mass is 394 g/mol. The van der Waals surface area contributed by atoms with Crippen LogP contribution in [0.4, 0.5) is 11.4 Å². The predicted molar refractivity (Wildman–Crippen MR) is 103 cm³/mol. The topological polar surface area (TPSA) is 94.2 Å². The quantitative estimate of drug-likeness (QED) is 0.656. The minimum absolute atomic E-state index is 0.107. The van der Waals surface area contributed by atoms with E-state index in [1.807, 2.05) is 0 Å². The molecule has 0 aromatic heterocycles. The first kappa shape index (κ1) is 20.4. The summed E-state index contributed by atoms with van der Waals surface area (Å²) in [6.45, 7) is 0.107. The minimum Gasteiger partial charge on any atom is -0.497 e. The fourth-order valence-corrected chi connectivity index (χ4v) is 2.88. The number of amides is 1. The molecule has 9 heteroatoms. The standard InChI is InChI=1S/C18H22N2O6S/c1-20(27(4,22)23)16-7-5-14(19-12-21)10-18(16)26-11-13-9-15(24-2)6-8-17(13)25-3/h5-10,12H,11H2,1-4H3,(H,19,21). The minimum atomic E-state index is -3.49. The van der Waals surface area contributed by atoms with Gasteiger partial charge in [0.15, 0.2) is 0 Å². The van der Waals surface area contributed by atoms with E-state index >= 15 is 0 Å². The van der Waals surface area contributed by atoms with Crippen LogP contribution in [-0.4, -0.2) is 42.4 Å². The van der Waals surface area contributed by atoms with E-state index in [9.17, 15) is 13.2 Å². The molecule has 1 N–H and O–H groups in total. The van der Waals surface area contributed by atoms with Crippen LogP contribution >= 0.6 is 0 Å². The number of hydrogen-bond acceptors (Lipinski definition) is 6. The van der Waals surface area contributed by atoms with Gasteiger partial charge in [-0.2, -0.15) is 0 Å². The molecule has 0 radical (unpaired) electrons. The summed E-state index contributed by atoms with van der Waals surface area (Å²) in [6, 6.07) is 9.99. The molecule has 0 fully saturated rings. The summed E-state index contributed by atoms with van der Waals surface area (Å²) in [6.07, 6.45) is 1.63. The third kappa shape index (κ3) is 5.04. The summed E-state index contributed by atoms with van der Waals surface area (Å²) in [5, 5.41) is 2.52. The number of sulfonamides is 1. The first-order valence-corrected chi connectivity index (χ1v) is 9.76. The van der Waals surface area contributed by atoms with Crippen LogP contribution in [0.3, 0.4) is 0 Å². The molecule has 0 spiro atoms. The number of methoxy groups -OCH3 is 2. The van der Waals surface area contributed by atoms with Gasteiger partial charge in [-0.3, -0.25) is 9.10 Å². The van der Waals surface area contributed by atoms with Gasteiger partial charge in [-0.25, -0.2) is 8.42 Å². The van der Waals surface area contributed by atoms with Crippen LogP contribution in [0.25, 0.3) is 0 Å². The molecule has 0 heterocycles. The Labute approximate surface area is 158 Å². The molecule has 0 saturated carbocycles. The number of carbonyl (C=O) groups excluding carboxylic acids is 1. The van der Waals surface area contributed by atoms with E-state index in [1.165, 1.54) is 7.05 Å². The highest BCUT2D eigenvalue weighted by molar-refractivity contribution is 7.92. The highest BCUT2D eigenvalue weighted by Crippen LogP contribution is 2.34. The Morgan fingerprint density at radius 2 is 1.81 bits per heavy atom. The molecule has 0 saturated heterocycles. The molecule has 146 valence electrons. The molecule has 8 nitrogen and oxygen atoms in total. The molecule has 2 aromatic carbocycles. The number of rotatable bonds is 9. The normalized spacial score (nSPS) is 10.8. The van der Waals surface area contributed by atoms with Crippen LogP contribution in [0.5, 0.6) is 17.2 Å². The van der Waals surface area contributed by atoms with Crippen molar-refractivity contribution in [3.8, 4) is 17.2 Å². The number of hydrogen-bond donors (Lipinski definition) is 1. The Bertz CT molecular complexity index is 914. The van der Waals surface area contributed by atoms with Crippen molar-refractivity contribution < 1.29 is 27.4 Å². The molecule has 1 amide bonds. The molecule has 2 aromatic rings. The summed E-state index contributed by atoms with van der Waals surface area (Å²) in [5.41, 5.74) is 1.54. The third-order valence-electron chi connectivity index (χ3n) is 3.89. The Morgan fingerprint density at radius 1 is 1.07 bits per heavy atom. The van der Waals surface area contributed by atoms with Gasteiger partial charge in [0.05, 0.1) is 26.2 Å². The fourth-order valence-electron chi connectivity index (χ4n) is 2.38. The van der Waals surface area contributed by atoms with Crippen LogP contribution in [0.15, 0.2) is 36.4 Å². The maximum absolute atomic E-state index is 11.9. The van der Waals surface area contributed by atoms with E-state index in [4.69, 9.17) is 14.2 Å². The average Bonchev–Trinajstić information content (AvgIpc) is 2.65. The number of ether oxygens (including phenoxy) is 3. The van der Waals surface area contributed by atoms with Crippen molar-refractivity contribution in [2.45, 2.75) is 6.61 Å². The second-order valence-corrected chi connectivity index (χ2v) is 7.66. The molecular formula is C18H22N2O6S. The van der Waals surface area contributed by atoms with Crippen molar-refractivity contribution in [2.75, 3.05) is 37.1 Å². The Morgan fingerprint density at radius 3 is 2.41 bits per heavy atom. The summed E-state index contributed by atoms with van der Waals surface area (Å²) in [5.74, 6) is 1.54. The van der Waals surface area contributed by atoms with Gasteiger partial charge in [-0.1, -0.05) is 0 Å². The molecule has 0 aliphatic carbocycles. The zero-order valence-corrected chi connectivity index (χ0v) is 16.4. The lowest BCUT2D eigenvalue weighted by Crippen LogP contribution is -2.25. The van der Waals surface area contributed by atoms with Crippen molar-refractivity contribution in [1.82, 2.24) is 0 Å². The molecule has 0 aliphatic heterocycles. The smallest absolute Gasteiger partial charge is 0.232 e. The first-order chi connectivity index (χ1) is 12.8. The molecule has 0 bridgehead atoms. The summed E-state index contributed by atoms with van der Waals surface area (Å²) < 4.78 is 41.4. The SMILES string of the molecule is COc1ccc(OC)c(COc2cc(NC=O)ccc2N(C)S(C)(=O)=O)c1. The van der Waals surface area contributed by atoms with Crippen LogP contribution in [-0.2, 0) is 21.4 Å². The second-order valence-electron chi connectivity index (χ2n) is 5.64. The van der Waals surface area contributed by atoms with Crippen LogP contribution in [0, 0.1) is 0 Å². The Balaban J connectivity index is 2.39. The lowest BCUT2D eigenvalue weighted by Gasteiger charge is -2.21. The third-order valence-corrected chi connectivity index (χ3v) is 5.08. The number of anilines is 2. The van der Waals surface area contributed by atoms with Gasteiger partial charge in [0.1, 0.15) is 23.9 Å². The summed E-state index contributed by atoms with van der Waals surface area (Å²) in [4.78, 5) is 10.7. The van der Waals surface area contributed by atoms with Gasteiger partial charge in [-0.15, -0.1) is 0 Å². The van der Waals surface area contributed by atoms with E-state index in [0.717, 1.165) is 16.1 Å². The van der Waals surface area contributed by atoms with Crippen molar-refractivity contribution >= 4 is 27.8 Å². The second kappa shape index (κ2) is 8.63. The largest absolute Gasteiger partial charge is 0.497 e. The van der Waals surface area contributed by atoms with Crippen molar-refractivity contribution in [1.29, 1.82) is 0 Å². The van der Waals surface area contributed by atoms with E-state index in [-0.39, 0.29) is 6.61 Å². The fraction of sp³-hybridized carbons (Fsp3) is 0.278. The number of nitrogens with one attached hydrogen (secondary N) is 1. The van der Waals surface area contributed by atoms with Crippen LogP contribution < -0.4 is 23.8 Å². The van der Waals surface area contributed by atoms with E-state index in [2.05, 4.69) is 5.32 Å². The Hall–Kier alpha value is -2.94. The lowest BCUT2D eigenvalue weighted by molar-refractivity contribution is -0.105. The molecular weight excluding hydrogens is 372 g/mol. The van der Waals surface area contributed by atoms with Crippen molar-refractivity contribution in [2.24, 2.45) is 0 Å². The zero-order valence-electron chi connectivity index (χ0n) is 15.6. The lowest BCUT2D eigenvalue weighted by atomic mass is 10.2. The molecule has 27 heavy (non-hydrogen) atoms. The maximum Gasteiger partial charge on any atom is 0.232 e.